The normalized spacial score (nSPS) is 14.7. The standard InChI is InChI=1S/C18H26N2O3/c1-4-13(5-2)16(21)11-19-17(22)18(23)20-10-9-14-12(3)7-6-8-15(14)20/h6-8,13,16,21H,4-5,9-11H2,1-3H3,(H,19,22). The Morgan fingerprint density at radius 1 is 1.30 bits per heavy atom. The first-order valence-corrected chi connectivity index (χ1v) is 8.35. The van der Waals surface area contributed by atoms with E-state index in [1.807, 2.05) is 39.0 Å². The molecule has 2 amide bonds. The van der Waals surface area contributed by atoms with Crippen molar-refractivity contribution in [3.05, 3.63) is 29.3 Å². The van der Waals surface area contributed by atoms with Gasteiger partial charge in [0.05, 0.1) is 6.10 Å². The first-order valence-electron chi connectivity index (χ1n) is 8.35. The predicted molar refractivity (Wildman–Crippen MR) is 90.3 cm³/mol. The van der Waals surface area contributed by atoms with Crippen LogP contribution in [0, 0.1) is 12.8 Å². The largest absolute Gasteiger partial charge is 0.391 e. The molecule has 23 heavy (non-hydrogen) atoms. The second-order valence-electron chi connectivity index (χ2n) is 6.13. The number of carbonyl (C=O) groups is 2. The van der Waals surface area contributed by atoms with Crippen LogP contribution >= 0.6 is 0 Å². The van der Waals surface area contributed by atoms with E-state index in [2.05, 4.69) is 5.32 Å². The second-order valence-corrected chi connectivity index (χ2v) is 6.13. The van der Waals surface area contributed by atoms with Crippen molar-refractivity contribution >= 4 is 17.5 Å². The van der Waals surface area contributed by atoms with Crippen LogP contribution < -0.4 is 10.2 Å². The first-order chi connectivity index (χ1) is 11.0. The lowest BCUT2D eigenvalue weighted by Gasteiger charge is -2.21. The highest BCUT2D eigenvalue weighted by Crippen LogP contribution is 2.30. The summed E-state index contributed by atoms with van der Waals surface area (Å²) in [7, 11) is 0. The molecule has 0 radical (unpaired) electrons. The van der Waals surface area contributed by atoms with Gasteiger partial charge in [-0.1, -0.05) is 38.8 Å². The minimum absolute atomic E-state index is 0.117. The van der Waals surface area contributed by atoms with Crippen LogP contribution in [0.4, 0.5) is 5.69 Å². The number of amides is 2. The Morgan fingerprint density at radius 2 is 2.00 bits per heavy atom. The predicted octanol–water partition coefficient (Wildman–Crippen LogP) is 1.80. The maximum absolute atomic E-state index is 12.4. The van der Waals surface area contributed by atoms with Gasteiger partial charge in [0.1, 0.15) is 0 Å². The Hall–Kier alpha value is -1.88. The van der Waals surface area contributed by atoms with Crippen molar-refractivity contribution in [2.24, 2.45) is 5.92 Å². The molecule has 5 heteroatoms. The summed E-state index contributed by atoms with van der Waals surface area (Å²) in [5.41, 5.74) is 3.10. The molecule has 0 aromatic heterocycles. The van der Waals surface area contributed by atoms with E-state index < -0.39 is 17.9 Å². The van der Waals surface area contributed by atoms with E-state index in [1.54, 1.807) is 0 Å². The van der Waals surface area contributed by atoms with Crippen molar-refractivity contribution in [1.82, 2.24) is 5.32 Å². The summed E-state index contributed by atoms with van der Waals surface area (Å²) in [5.74, 6) is -1.06. The van der Waals surface area contributed by atoms with Crippen LogP contribution in [0.1, 0.15) is 37.8 Å². The summed E-state index contributed by atoms with van der Waals surface area (Å²) in [4.78, 5) is 26.0. The van der Waals surface area contributed by atoms with Crippen molar-refractivity contribution in [3.8, 4) is 0 Å². The number of carbonyl (C=O) groups excluding carboxylic acids is 2. The molecule has 0 spiro atoms. The van der Waals surface area contributed by atoms with Gasteiger partial charge >= 0.3 is 11.8 Å². The number of benzene rings is 1. The highest BCUT2D eigenvalue weighted by atomic mass is 16.3. The quantitative estimate of drug-likeness (QED) is 0.813. The van der Waals surface area contributed by atoms with Crippen molar-refractivity contribution in [3.63, 3.8) is 0 Å². The number of aliphatic hydroxyl groups excluding tert-OH is 1. The van der Waals surface area contributed by atoms with E-state index in [9.17, 15) is 14.7 Å². The number of nitrogens with one attached hydrogen (secondary N) is 1. The maximum atomic E-state index is 12.4. The number of nitrogens with zero attached hydrogens (tertiary/aromatic N) is 1. The molecule has 1 aromatic carbocycles. The van der Waals surface area contributed by atoms with E-state index in [4.69, 9.17) is 0 Å². The van der Waals surface area contributed by atoms with Crippen LogP contribution in [-0.2, 0) is 16.0 Å². The zero-order chi connectivity index (χ0) is 17.0. The third kappa shape index (κ3) is 3.72. The minimum atomic E-state index is -0.649. The number of hydrogen-bond acceptors (Lipinski definition) is 3. The van der Waals surface area contributed by atoms with Crippen LogP contribution in [-0.4, -0.2) is 36.1 Å². The topological polar surface area (TPSA) is 69.6 Å². The van der Waals surface area contributed by atoms with Crippen LogP contribution in [0.2, 0.25) is 0 Å². The van der Waals surface area contributed by atoms with Gasteiger partial charge in [-0.3, -0.25) is 9.59 Å². The highest BCUT2D eigenvalue weighted by Gasteiger charge is 2.30. The molecular weight excluding hydrogens is 292 g/mol. The van der Waals surface area contributed by atoms with Gasteiger partial charge in [-0.15, -0.1) is 0 Å². The minimum Gasteiger partial charge on any atom is -0.391 e. The zero-order valence-electron chi connectivity index (χ0n) is 14.1. The van der Waals surface area contributed by atoms with Gasteiger partial charge in [-0.05, 0) is 36.5 Å². The van der Waals surface area contributed by atoms with Gasteiger partial charge in [0.2, 0.25) is 0 Å². The summed E-state index contributed by atoms with van der Waals surface area (Å²) < 4.78 is 0. The Balaban J connectivity index is 1.97. The third-order valence-corrected chi connectivity index (χ3v) is 4.77. The molecule has 0 fully saturated rings. The average Bonchev–Trinajstić information content (AvgIpc) is 2.98. The molecule has 1 atom stereocenters. The molecule has 1 heterocycles. The molecule has 1 aromatic rings. The van der Waals surface area contributed by atoms with Crippen LogP contribution in [0.3, 0.4) is 0 Å². The maximum Gasteiger partial charge on any atom is 0.316 e. The molecule has 1 aliphatic rings. The number of aryl methyl sites for hydroxylation is 1. The van der Waals surface area contributed by atoms with Gasteiger partial charge in [0, 0.05) is 18.8 Å². The van der Waals surface area contributed by atoms with Crippen molar-refractivity contribution in [1.29, 1.82) is 0 Å². The van der Waals surface area contributed by atoms with Gasteiger partial charge in [0.25, 0.3) is 0 Å². The molecule has 5 nitrogen and oxygen atoms in total. The highest BCUT2D eigenvalue weighted by molar-refractivity contribution is 6.40. The molecule has 2 N–H and O–H groups in total. The van der Waals surface area contributed by atoms with Gasteiger partial charge < -0.3 is 15.3 Å². The van der Waals surface area contributed by atoms with Gasteiger partial charge in [0.15, 0.2) is 0 Å². The summed E-state index contributed by atoms with van der Waals surface area (Å²) in [5, 5.41) is 12.6. The summed E-state index contributed by atoms with van der Waals surface area (Å²) in [6.07, 6.45) is 1.85. The van der Waals surface area contributed by atoms with Crippen molar-refractivity contribution < 1.29 is 14.7 Å². The summed E-state index contributed by atoms with van der Waals surface area (Å²) >= 11 is 0. The second kappa shape index (κ2) is 7.59. The van der Waals surface area contributed by atoms with E-state index in [-0.39, 0.29) is 12.5 Å². The number of aliphatic hydroxyl groups is 1. The lowest BCUT2D eigenvalue weighted by atomic mass is 9.96. The molecule has 126 valence electrons. The lowest BCUT2D eigenvalue weighted by Crippen LogP contribution is -2.45. The van der Waals surface area contributed by atoms with Crippen LogP contribution in [0.15, 0.2) is 18.2 Å². The lowest BCUT2D eigenvalue weighted by molar-refractivity contribution is -0.137. The Bertz CT molecular complexity index is 582. The summed E-state index contributed by atoms with van der Waals surface area (Å²) in [6, 6.07) is 5.78. The molecule has 1 unspecified atom stereocenters. The fourth-order valence-corrected chi connectivity index (χ4v) is 3.21. The third-order valence-electron chi connectivity index (χ3n) is 4.77. The Morgan fingerprint density at radius 3 is 2.65 bits per heavy atom. The zero-order valence-corrected chi connectivity index (χ0v) is 14.1. The molecule has 2 rings (SSSR count). The molecular formula is C18H26N2O3. The van der Waals surface area contributed by atoms with Gasteiger partial charge in [-0.25, -0.2) is 0 Å². The summed E-state index contributed by atoms with van der Waals surface area (Å²) in [6.45, 7) is 6.67. The SMILES string of the molecule is CCC(CC)C(O)CNC(=O)C(=O)N1CCc2c(C)cccc21. The van der Waals surface area contributed by atoms with E-state index in [0.717, 1.165) is 36.1 Å². The number of rotatable bonds is 5. The smallest absolute Gasteiger partial charge is 0.316 e. The monoisotopic (exact) mass is 318 g/mol. The van der Waals surface area contributed by atoms with Crippen molar-refractivity contribution in [2.75, 3.05) is 18.0 Å². The number of hydrogen-bond donors (Lipinski definition) is 2. The fraction of sp³-hybridized carbons (Fsp3) is 0.556. The Labute approximate surface area is 137 Å². The van der Waals surface area contributed by atoms with E-state index >= 15 is 0 Å². The first kappa shape index (κ1) is 17.5. The average molecular weight is 318 g/mol. The molecule has 0 bridgehead atoms. The van der Waals surface area contributed by atoms with E-state index in [0.29, 0.717) is 6.54 Å². The number of anilines is 1. The Kier molecular flexibility index (Phi) is 5.77. The van der Waals surface area contributed by atoms with Crippen LogP contribution in [0.5, 0.6) is 0 Å². The van der Waals surface area contributed by atoms with Gasteiger partial charge in [-0.2, -0.15) is 0 Å². The van der Waals surface area contributed by atoms with Crippen molar-refractivity contribution in [2.45, 2.75) is 46.1 Å². The fourth-order valence-electron chi connectivity index (χ4n) is 3.21. The molecule has 0 saturated heterocycles. The molecule has 0 aliphatic carbocycles. The molecule has 1 aliphatic heterocycles. The molecule has 0 saturated carbocycles. The number of fused-ring (bicyclic) bond motifs is 1. The van der Waals surface area contributed by atoms with Crippen LogP contribution in [0.25, 0.3) is 0 Å². The van der Waals surface area contributed by atoms with E-state index in [1.165, 1.54) is 4.90 Å².